The Morgan fingerprint density at radius 3 is 2.76 bits per heavy atom. The van der Waals surface area contributed by atoms with Gasteiger partial charge >= 0.3 is 5.97 Å². The second kappa shape index (κ2) is 4.47. The molecule has 0 radical (unpaired) electrons. The van der Waals surface area contributed by atoms with Crippen LogP contribution in [0.1, 0.15) is 29.3 Å². The Labute approximate surface area is 100 Å². The molecule has 0 saturated carbocycles. The predicted octanol–water partition coefficient (Wildman–Crippen LogP) is 1.34. The van der Waals surface area contributed by atoms with Crippen LogP contribution in [0.5, 0.6) is 0 Å². The first-order valence-electron chi connectivity index (χ1n) is 5.74. The Balaban J connectivity index is 2.12. The van der Waals surface area contributed by atoms with E-state index in [0.29, 0.717) is 18.7 Å². The van der Waals surface area contributed by atoms with Gasteiger partial charge in [-0.15, -0.1) is 0 Å². The fraction of sp³-hybridized carbons (Fsp3) is 0.462. The van der Waals surface area contributed by atoms with Gasteiger partial charge in [0.05, 0.1) is 11.2 Å². The zero-order valence-corrected chi connectivity index (χ0v) is 9.89. The predicted molar refractivity (Wildman–Crippen MR) is 63.9 cm³/mol. The van der Waals surface area contributed by atoms with Crippen LogP contribution in [0.25, 0.3) is 0 Å². The number of hydrogen-bond donors (Lipinski definition) is 2. The zero-order valence-electron chi connectivity index (χ0n) is 9.89. The fourth-order valence-electron chi connectivity index (χ4n) is 2.28. The van der Waals surface area contributed by atoms with Crippen LogP contribution in [0.3, 0.4) is 0 Å². The second-order valence-corrected chi connectivity index (χ2v) is 4.92. The average molecular weight is 235 g/mol. The van der Waals surface area contributed by atoms with Crippen LogP contribution in [0.4, 0.5) is 0 Å². The van der Waals surface area contributed by atoms with Crippen LogP contribution in [0.2, 0.25) is 0 Å². The lowest BCUT2D eigenvalue weighted by molar-refractivity contribution is 0.0674. The maximum atomic E-state index is 11.1. The molecule has 4 heteroatoms. The molecule has 1 aliphatic heterocycles. The van der Waals surface area contributed by atoms with Gasteiger partial charge in [0.2, 0.25) is 0 Å². The van der Waals surface area contributed by atoms with Crippen molar-refractivity contribution in [1.82, 2.24) is 4.90 Å². The first-order valence-corrected chi connectivity index (χ1v) is 5.74. The molecule has 0 aromatic heterocycles. The van der Waals surface area contributed by atoms with Crippen molar-refractivity contribution in [2.45, 2.75) is 25.5 Å². The lowest BCUT2D eigenvalue weighted by Crippen LogP contribution is -2.29. The van der Waals surface area contributed by atoms with E-state index >= 15 is 0 Å². The van der Waals surface area contributed by atoms with Crippen molar-refractivity contribution in [2.75, 3.05) is 13.1 Å². The van der Waals surface area contributed by atoms with Crippen molar-refractivity contribution < 1.29 is 15.0 Å². The summed E-state index contributed by atoms with van der Waals surface area (Å²) in [7, 11) is 0. The highest BCUT2D eigenvalue weighted by molar-refractivity contribution is 5.89. The van der Waals surface area contributed by atoms with E-state index in [2.05, 4.69) is 4.90 Å². The van der Waals surface area contributed by atoms with Gasteiger partial charge in [0.1, 0.15) is 0 Å². The van der Waals surface area contributed by atoms with E-state index in [9.17, 15) is 9.90 Å². The number of carbonyl (C=O) groups is 1. The molecule has 0 aliphatic carbocycles. The Morgan fingerprint density at radius 2 is 2.18 bits per heavy atom. The standard InChI is InChI=1S/C13H17NO3/c1-13(17)6-7-14(9-13)8-10-4-2-3-5-11(10)12(15)16/h2-5,17H,6-9H2,1H3,(H,15,16). The van der Waals surface area contributed by atoms with Crippen LogP contribution in [0, 0.1) is 0 Å². The molecule has 92 valence electrons. The number of aromatic carboxylic acids is 1. The van der Waals surface area contributed by atoms with Gasteiger partial charge in [-0.05, 0) is 25.0 Å². The molecule has 1 atom stereocenters. The van der Waals surface area contributed by atoms with E-state index in [1.165, 1.54) is 0 Å². The summed E-state index contributed by atoms with van der Waals surface area (Å²) in [6.07, 6.45) is 0.738. The van der Waals surface area contributed by atoms with E-state index in [4.69, 9.17) is 5.11 Å². The largest absolute Gasteiger partial charge is 0.478 e. The van der Waals surface area contributed by atoms with Crippen LogP contribution in [-0.4, -0.2) is 39.8 Å². The lowest BCUT2D eigenvalue weighted by atomic mass is 10.1. The van der Waals surface area contributed by atoms with Gasteiger partial charge in [0, 0.05) is 19.6 Å². The maximum Gasteiger partial charge on any atom is 0.336 e. The molecule has 1 heterocycles. The van der Waals surface area contributed by atoms with Crippen LogP contribution < -0.4 is 0 Å². The third kappa shape index (κ3) is 2.84. The van der Waals surface area contributed by atoms with Gasteiger partial charge < -0.3 is 10.2 Å². The van der Waals surface area contributed by atoms with Crippen molar-refractivity contribution >= 4 is 5.97 Å². The fourth-order valence-corrected chi connectivity index (χ4v) is 2.28. The molecular formula is C13H17NO3. The molecule has 1 fully saturated rings. The molecule has 2 N–H and O–H groups in total. The molecule has 0 amide bonds. The first-order chi connectivity index (χ1) is 7.98. The maximum absolute atomic E-state index is 11.1. The highest BCUT2D eigenvalue weighted by atomic mass is 16.4. The van der Waals surface area contributed by atoms with Gasteiger partial charge in [-0.2, -0.15) is 0 Å². The molecule has 1 aromatic rings. The highest BCUT2D eigenvalue weighted by Crippen LogP contribution is 2.23. The van der Waals surface area contributed by atoms with Gasteiger partial charge in [-0.1, -0.05) is 18.2 Å². The third-order valence-corrected chi connectivity index (χ3v) is 3.17. The van der Waals surface area contributed by atoms with Crippen LogP contribution >= 0.6 is 0 Å². The van der Waals surface area contributed by atoms with Crippen LogP contribution in [-0.2, 0) is 6.54 Å². The molecule has 1 saturated heterocycles. The molecular weight excluding hydrogens is 218 g/mol. The third-order valence-electron chi connectivity index (χ3n) is 3.17. The minimum Gasteiger partial charge on any atom is -0.478 e. The number of hydrogen-bond acceptors (Lipinski definition) is 3. The normalized spacial score (nSPS) is 25.1. The summed E-state index contributed by atoms with van der Waals surface area (Å²) in [6, 6.07) is 7.02. The SMILES string of the molecule is CC1(O)CCN(Cc2ccccc2C(=O)O)C1. The molecule has 1 aliphatic rings. The number of β-amino-alcohol motifs (C(OH)–C–C–N with tert-alkyl or cyclic N) is 1. The summed E-state index contributed by atoms with van der Waals surface area (Å²) in [5.74, 6) is -0.897. The number of nitrogens with zero attached hydrogens (tertiary/aromatic N) is 1. The highest BCUT2D eigenvalue weighted by Gasteiger charge is 2.31. The number of carboxylic acids is 1. The Kier molecular flexibility index (Phi) is 3.17. The van der Waals surface area contributed by atoms with Gasteiger partial charge in [0.15, 0.2) is 0 Å². The summed E-state index contributed by atoms with van der Waals surface area (Å²) in [5, 5.41) is 18.9. The van der Waals surface area contributed by atoms with E-state index in [0.717, 1.165) is 18.5 Å². The summed E-state index contributed by atoms with van der Waals surface area (Å²) >= 11 is 0. The molecule has 4 nitrogen and oxygen atoms in total. The van der Waals surface area contributed by atoms with E-state index < -0.39 is 11.6 Å². The molecule has 0 spiro atoms. The first kappa shape index (κ1) is 12.1. The summed E-state index contributed by atoms with van der Waals surface area (Å²) in [5.41, 5.74) is 0.509. The minimum atomic E-state index is -0.897. The number of benzene rings is 1. The van der Waals surface area contributed by atoms with E-state index in [1.54, 1.807) is 12.1 Å². The average Bonchev–Trinajstić information content (AvgIpc) is 2.58. The van der Waals surface area contributed by atoms with Gasteiger partial charge in [-0.3, -0.25) is 4.90 Å². The van der Waals surface area contributed by atoms with Gasteiger partial charge in [0.25, 0.3) is 0 Å². The van der Waals surface area contributed by atoms with Crippen molar-refractivity contribution in [3.63, 3.8) is 0 Å². The van der Waals surface area contributed by atoms with E-state index in [-0.39, 0.29) is 0 Å². The summed E-state index contributed by atoms with van der Waals surface area (Å²) in [6.45, 7) is 3.80. The molecule has 1 unspecified atom stereocenters. The Bertz CT molecular complexity index is 428. The van der Waals surface area contributed by atoms with Crippen molar-refractivity contribution in [2.24, 2.45) is 0 Å². The molecule has 2 rings (SSSR count). The topological polar surface area (TPSA) is 60.8 Å². The second-order valence-electron chi connectivity index (χ2n) is 4.92. The summed E-state index contributed by atoms with van der Waals surface area (Å²) < 4.78 is 0. The molecule has 17 heavy (non-hydrogen) atoms. The summed E-state index contributed by atoms with van der Waals surface area (Å²) in [4.78, 5) is 13.1. The Morgan fingerprint density at radius 1 is 1.47 bits per heavy atom. The number of likely N-dealkylation sites (tertiary alicyclic amines) is 1. The van der Waals surface area contributed by atoms with Crippen molar-refractivity contribution in [3.05, 3.63) is 35.4 Å². The van der Waals surface area contributed by atoms with E-state index in [1.807, 2.05) is 19.1 Å². The minimum absolute atomic E-state index is 0.346. The van der Waals surface area contributed by atoms with Crippen molar-refractivity contribution in [1.29, 1.82) is 0 Å². The lowest BCUT2D eigenvalue weighted by Gasteiger charge is -2.19. The van der Waals surface area contributed by atoms with Crippen molar-refractivity contribution in [3.8, 4) is 0 Å². The monoisotopic (exact) mass is 235 g/mol. The molecule has 0 bridgehead atoms. The number of carboxylic acid groups (broad SMARTS) is 1. The smallest absolute Gasteiger partial charge is 0.336 e. The van der Waals surface area contributed by atoms with Crippen LogP contribution in [0.15, 0.2) is 24.3 Å². The zero-order chi connectivity index (χ0) is 12.5. The molecule has 1 aromatic carbocycles. The quantitative estimate of drug-likeness (QED) is 0.830. The number of rotatable bonds is 3. The Hall–Kier alpha value is -1.39. The number of aliphatic hydroxyl groups is 1. The van der Waals surface area contributed by atoms with Gasteiger partial charge in [-0.25, -0.2) is 4.79 Å².